The van der Waals surface area contributed by atoms with Crippen molar-refractivity contribution in [2.75, 3.05) is 11.9 Å². The molecule has 0 bridgehead atoms. The molecule has 4 aromatic rings. The van der Waals surface area contributed by atoms with Crippen molar-refractivity contribution in [3.05, 3.63) is 65.2 Å². The zero-order valence-corrected chi connectivity index (χ0v) is 15.0. The fourth-order valence-corrected chi connectivity index (χ4v) is 3.66. The molecule has 1 N–H and O–H groups in total. The van der Waals surface area contributed by atoms with Gasteiger partial charge in [-0.3, -0.25) is 9.20 Å². The van der Waals surface area contributed by atoms with Crippen molar-refractivity contribution >= 4 is 51.3 Å². The molecule has 0 aliphatic rings. The maximum absolute atomic E-state index is 12.7. The average Bonchev–Trinajstić information content (AvgIpc) is 3.18. The van der Waals surface area contributed by atoms with E-state index in [0.717, 1.165) is 27.2 Å². The number of hydrogen-bond acceptors (Lipinski definition) is 4. The summed E-state index contributed by atoms with van der Waals surface area (Å²) in [5, 5.41) is 9.31. The fourth-order valence-electron chi connectivity index (χ4n) is 2.69. The second-order valence-corrected chi connectivity index (χ2v) is 6.55. The predicted molar refractivity (Wildman–Crippen MR) is 103 cm³/mol. The van der Waals surface area contributed by atoms with Gasteiger partial charge in [0, 0.05) is 18.9 Å². The van der Waals surface area contributed by atoms with E-state index < -0.39 is 0 Å². The largest absolute Gasteiger partial charge is 0.392 e. The summed E-state index contributed by atoms with van der Waals surface area (Å²) in [5.74, 6) is -0.0665. The van der Waals surface area contributed by atoms with Gasteiger partial charge < -0.3 is 10.0 Å². The van der Waals surface area contributed by atoms with E-state index >= 15 is 0 Å². The molecule has 7 heteroatoms. The van der Waals surface area contributed by atoms with Gasteiger partial charge in [-0.1, -0.05) is 35.6 Å². The van der Waals surface area contributed by atoms with Crippen LogP contribution in [0.15, 0.2) is 54.7 Å². The van der Waals surface area contributed by atoms with Crippen LogP contribution in [0.1, 0.15) is 15.2 Å². The third-order valence-corrected chi connectivity index (χ3v) is 4.98. The molecule has 0 aliphatic heterocycles. The van der Waals surface area contributed by atoms with Crippen LogP contribution in [0.5, 0.6) is 0 Å². The number of carbonyl (C=O) groups is 1. The van der Waals surface area contributed by atoms with E-state index in [1.54, 1.807) is 11.9 Å². The topological polar surface area (TPSA) is 57.8 Å². The van der Waals surface area contributed by atoms with Crippen LogP contribution in [0, 0.1) is 0 Å². The zero-order chi connectivity index (χ0) is 16.7. The van der Waals surface area contributed by atoms with Crippen LogP contribution < -0.4 is 4.90 Å². The van der Waals surface area contributed by atoms with Gasteiger partial charge in [-0.2, -0.15) is 0 Å². The fraction of sp³-hybridized carbons (Fsp3) is 0.111. The lowest BCUT2D eigenvalue weighted by Crippen LogP contribution is -2.25. The van der Waals surface area contributed by atoms with Gasteiger partial charge in [0.1, 0.15) is 4.88 Å². The number of aromatic nitrogens is 2. The molecule has 0 unspecified atom stereocenters. The van der Waals surface area contributed by atoms with E-state index in [2.05, 4.69) is 4.98 Å². The molecule has 0 saturated heterocycles. The Morgan fingerprint density at radius 3 is 2.72 bits per heavy atom. The Morgan fingerprint density at radius 2 is 2.00 bits per heavy atom. The molecule has 0 saturated carbocycles. The highest BCUT2D eigenvalue weighted by atomic mass is 35.5. The first-order valence-corrected chi connectivity index (χ1v) is 8.33. The van der Waals surface area contributed by atoms with Crippen LogP contribution >= 0.6 is 23.7 Å². The third kappa shape index (κ3) is 3.00. The molecule has 0 fully saturated rings. The monoisotopic (exact) mass is 373 g/mol. The summed E-state index contributed by atoms with van der Waals surface area (Å²) < 4.78 is 1.91. The SMILES string of the molecule is CN(C(=O)c1cn2c(nc3ccc(CO)cc32)s1)c1ccccc1.Cl. The summed E-state index contributed by atoms with van der Waals surface area (Å²) in [6, 6.07) is 15.2. The summed E-state index contributed by atoms with van der Waals surface area (Å²) in [6.45, 7) is -0.0180. The number of carbonyl (C=O) groups excluding carboxylic acids is 1. The van der Waals surface area contributed by atoms with Crippen LogP contribution in [0.3, 0.4) is 0 Å². The Bertz CT molecular complexity index is 1040. The quantitative estimate of drug-likeness (QED) is 0.595. The summed E-state index contributed by atoms with van der Waals surface area (Å²) in [7, 11) is 1.77. The molecule has 2 aromatic carbocycles. The van der Waals surface area contributed by atoms with Crippen molar-refractivity contribution in [1.82, 2.24) is 9.38 Å². The number of nitrogens with zero attached hydrogens (tertiary/aromatic N) is 3. The van der Waals surface area contributed by atoms with E-state index in [4.69, 9.17) is 0 Å². The molecule has 2 aromatic heterocycles. The first kappa shape index (κ1) is 17.4. The molecule has 4 rings (SSSR count). The number of rotatable bonds is 3. The van der Waals surface area contributed by atoms with Crippen molar-refractivity contribution in [1.29, 1.82) is 0 Å². The van der Waals surface area contributed by atoms with Gasteiger partial charge in [-0.15, -0.1) is 12.4 Å². The molecule has 2 heterocycles. The number of benzene rings is 2. The van der Waals surface area contributed by atoms with Crippen LogP contribution in [-0.2, 0) is 6.61 Å². The number of fused-ring (bicyclic) bond motifs is 3. The second-order valence-electron chi connectivity index (χ2n) is 5.54. The van der Waals surface area contributed by atoms with Crippen molar-refractivity contribution in [2.24, 2.45) is 0 Å². The molecule has 128 valence electrons. The van der Waals surface area contributed by atoms with Crippen molar-refractivity contribution in [3.63, 3.8) is 0 Å². The first-order valence-electron chi connectivity index (χ1n) is 7.52. The Balaban J connectivity index is 0.00000182. The van der Waals surface area contributed by atoms with Gasteiger partial charge >= 0.3 is 0 Å². The van der Waals surface area contributed by atoms with Crippen LogP contribution in [0.25, 0.3) is 16.0 Å². The predicted octanol–water partition coefficient (Wildman–Crippen LogP) is 3.74. The number of amides is 1. The van der Waals surface area contributed by atoms with Gasteiger partial charge in [-0.25, -0.2) is 4.98 Å². The highest BCUT2D eigenvalue weighted by Gasteiger charge is 2.18. The van der Waals surface area contributed by atoms with Crippen molar-refractivity contribution in [2.45, 2.75) is 6.61 Å². The molecule has 0 radical (unpaired) electrons. The maximum Gasteiger partial charge on any atom is 0.269 e. The van der Waals surface area contributed by atoms with Gasteiger partial charge in [0.25, 0.3) is 5.91 Å². The number of halogens is 1. The molecule has 5 nitrogen and oxygen atoms in total. The molecular formula is C18H16ClN3O2S. The van der Waals surface area contributed by atoms with E-state index in [1.807, 2.05) is 59.1 Å². The third-order valence-electron chi connectivity index (χ3n) is 4.01. The van der Waals surface area contributed by atoms with Crippen LogP contribution in [0.2, 0.25) is 0 Å². The summed E-state index contributed by atoms with van der Waals surface area (Å²) in [5.41, 5.74) is 3.42. The second kappa shape index (κ2) is 6.84. The molecule has 0 aliphatic carbocycles. The summed E-state index contributed by atoms with van der Waals surface area (Å²) in [4.78, 5) is 20.3. The average molecular weight is 374 g/mol. The lowest BCUT2D eigenvalue weighted by Gasteiger charge is -2.15. The van der Waals surface area contributed by atoms with Crippen LogP contribution in [-0.4, -0.2) is 27.4 Å². The first-order chi connectivity index (χ1) is 11.7. The van der Waals surface area contributed by atoms with Crippen molar-refractivity contribution in [3.8, 4) is 0 Å². The molecule has 0 atom stereocenters. The number of aliphatic hydroxyl groups is 1. The smallest absolute Gasteiger partial charge is 0.269 e. The number of anilines is 1. The van der Waals surface area contributed by atoms with E-state index in [9.17, 15) is 9.90 Å². The summed E-state index contributed by atoms with van der Waals surface area (Å²) in [6.07, 6.45) is 1.82. The Hall–Kier alpha value is -2.41. The number of para-hydroxylation sites is 1. The number of hydrogen-bond donors (Lipinski definition) is 1. The molecule has 25 heavy (non-hydrogen) atoms. The molecule has 0 spiro atoms. The van der Waals surface area contributed by atoms with Gasteiger partial charge in [0.2, 0.25) is 0 Å². The highest BCUT2D eigenvalue weighted by molar-refractivity contribution is 7.19. The molecule has 1 amide bonds. The maximum atomic E-state index is 12.7. The van der Waals surface area contributed by atoms with E-state index in [0.29, 0.717) is 4.88 Å². The standard InChI is InChI=1S/C18H15N3O2S.ClH/c1-20(13-5-3-2-4-6-13)17(23)16-10-21-15-9-12(11-22)7-8-14(15)19-18(21)24-16;/h2-10,22H,11H2,1H3;1H. The number of aliphatic hydroxyl groups excluding tert-OH is 1. The van der Waals surface area contributed by atoms with Crippen molar-refractivity contribution < 1.29 is 9.90 Å². The zero-order valence-electron chi connectivity index (χ0n) is 13.4. The van der Waals surface area contributed by atoms with Crippen LogP contribution in [0.4, 0.5) is 5.69 Å². The summed E-state index contributed by atoms with van der Waals surface area (Å²) >= 11 is 1.37. The van der Waals surface area contributed by atoms with Gasteiger partial charge in [0.05, 0.1) is 17.6 Å². The van der Waals surface area contributed by atoms with E-state index in [1.165, 1.54) is 11.3 Å². The Kier molecular flexibility index (Phi) is 4.76. The van der Waals surface area contributed by atoms with E-state index in [-0.39, 0.29) is 24.9 Å². The minimum absolute atomic E-state index is 0. The minimum atomic E-state index is -0.0665. The van der Waals surface area contributed by atoms with Gasteiger partial charge in [0.15, 0.2) is 4.96 Å². The normalized spacial score (nSPS) is 10.8. The van der Waals surface area contributed by atoms with Gasteiger partial charge in [-0.05, 0) is 29.8 Å². The number of thiazole rings is 1. The lowest BCUT2D eigenvalue weighted by molar-refractivity contribution is 0.0996. The minimum Gasteiger partial charge on any atom is -0.392 e. The Morgan fingerprint density at radius 1 is 1.24 bits per heavy atom. The highest BCUT2D eigenvalue weighted by Crippen LogP contribution is 2.26. The number of imidazole rings is 1. The lowest BCUT2D eigenvalue weighted by atomic mass is 10.2. The Labute approximate surface area is 154 Å². The molecular weight excluding hydrogens is 358 g/mol.